The third-order valence-electron chi connectivity index (χ3n) is 1.81. The summed E-state index contributed by atoms with van der Waals surface area (Å²) in [6.45, 7) is 7.93. The molecule has 0 spiro atoms. The van der Waals surface area contributed by atoms with Crippen molar-refractivity contribution in [1.82, 2.24) is 0 Å². The summed E-state index contributed by atoms with van der Waals surface area (Å²) in [5, 5.41) is 0. The Bertz CT molecular complexity index is 271. The zero-order valence-electron chi connectivity index (χ0n) is 7.76. The Morgan fingerprint density at radius 2 is 2.25 bits per heavy atom. The summed E-state index contributed by atoms with van der Waals surface area (Å²) in [5.74, 6) is 1.76. The maximum atomic E-state index is 5.25. The molecule has 1 heterocycles. The highest BCUT2D eigenvalue weighted by molar-refractivity contribution is 5.52. The van der Waals surface area contributed by atoms with E-state index in [9.17, 15) is 0 Å². The van der Waals surface area contributed by atoms with E-state index in [-0.39, 0.29) is 0 Å². The highest BCUT2D eigenvalue weighted by atomic mass is 16.5. The molecule has 1 aromatic heterocycles. The SMILES string of the molecule is C=C(OC)c1cc(C(C)C)co1. The Morgan fingerprint density at radius 3 is 2.67 bits per heavy atom. The van der Waals surface area contributed by atoms with Gasteiger partial charge < -0.3 is 9.15 Å². The molecular weight excluding hydrogens is 152 g/mol. The second-order valence-electron chi connectivity index (χ2n) is 3.03. The minimum atomic E-state index is 0.479. The van der Waals surface area contributed by atoms with Crippen molar-refractivity contribution in [1.29, 1.82) is 0 Å². The Hall–Kier alpha value is -1.18. The third kappa shape index (κ3) is 1.70. The second kappa shape index (κ2) is 3.48. The van der Waals surface area contributed by atoms with Crippen LogP contribution in [-0.4, -0.2) is 7.11 Å². The van der Waals surface area contributed by atoms with E-state index in [4.69, 9.17) is 9.15 Å². The highest BCUT2D eigenvalue weighted by Gasteiger charge is 2.07. The molecule has 0 unspecified atom stereocenters. The van der Waals surface area contributed by atoms with Crippen molar-refractivity contribution in [3.05, 3.63) is 30.2 Å². The fourth-order valence-corrected chi connectivity index (χ4v) is 0.900. The van der Waals surface area contributed by atoms with E-state index in [1.807, 2.05) is 6.07 Å². The Kier molecular flexibility index (Phi) is 2.58. The van der Waals surface area contributed by atoms with Crippen molar-refractivity contribution in [3.8, 4) is 0 Å². The molecule has 0 fully saturated rings. The Balaban J connectivity index is 2.84. The van der Waals surface area contributed by atoms with Crippen LogP contribution in [0.2, 0.25) is 0 Å². The van der Waals surface area contributed by atoms with Gasteiger partial charge in [0.1, 0.15) is 0 Å². The molecule has 0 aliphatic rings. The molecule has 0 saturated heterocycles. The molecule has 0 radical (unpaired) electrons. The van der Waals surface area contributed by atoms with Crippen molar-refractivity contribution in [3.63, 3.8) is 0 Å². The van der Waals surface area contributed by atoms with Gasteiger partial charge >= 0.3 is 0 Å². The molecule has 0 bridgehead atoms. The lowest BCUT2D eigenvalue weighted by molar-refractivity contribution is 0.353. The zero-order valence-corrected chi connectivity index (χ0v) is 7.76. The van der Waals surface area contributed by atoms with Gasteiger partial charge in [0.15, 0.2) is 11.5 Å². The van der Waals surface area contributed by atoms with Crippen LogP contribution >= 0.6 is 0 Å². The maximum absolute atomic E-state index is 5.25. The lowest BCUT2D eigenvalue weighted by atomic mass is 10.1. The zero-order chi connectivity index (χ0) is 9.14. The quantitative estimate of drug-likeness (QED) is 0.644. The summed E-state index contributed by atoms with van der Waals surface area (Å²) >= 11 is 0. The number of ether oxygens (including phenoxy) is 1. The molecule has 12 heavy (non-hydrogen) atoms. The number of hydrogen-bond donors (Lipinski definition) is 0. The largest absolute Gasteiger partial charge is 0.493 e. The summed E-state index contributed by atoms with van der Waals surface area (Å²) in [6.07, 6.45) is 1.74. The van der Waals surface area contributed by atoms with Gasteiger partial charge in [0.05, 0.1) is 13.4 Å². The molecule has 0 aromatic carbocycles. The van der Waals surface area contributed by atoms with Gasteiger partial charge in [-0.2, -0.15) is 0 Å². The van der Waals surface area contributed by atoms with Crippen LogP contribution in [0.15, 0.2) is 23.3 Å². The first-order chi connectivity index (χ1) is 5.65. The van der Waals surface area contributed by atoms with E-state index in [1.54, 1.807) is 13.4 Å². The molecule has 66 valence electrons. The fraction of sp³-hybridized carbons (Fsp3) is 0.400. The first-order valence-corrected chi connectivity index (χ1v) is 3.97. The summed E-state index contributed by atoms with van der Waals surface area (Å²) in [7, 11) is 1.58. The minimum absolute atomic E-state index is 0.479. The van der Waals surface area contributed by atoms with Crippen LogP contribution in [0, 0.1) is 0 Å². The molecule has 0 amide bonds. The van der Waals surface area contributed by atoms with Gasteiger partial charge in [0.25, 0.3) is 0 Å². The molecule has 0 atom stereocenters. The third-order valence-corrected chi connectivity index (χ3v) is 1.81. The number of methoxy groups -OCH3 is 1. The first-order valence-electron chi connectivity index (χ1n) is 3.97. The molecule has 1 aromatic rings. The molecule has 0 N–H and O–H groups in total. The lowest BCUT2D eigenvalue weighted by Crippen LogP contribution is -1.83. The van der Waals surface area contributed by atoms with Crippen LogP contribution in [-0.2, 0) is 4.74 Å². The van der Waals surface area contributed by atoms with Crippen LogP contribution in [0.3, 0.4) is 0 Å². The van der Waals surface area contributed by atoms with Gasteiger partial charge in [-0.15, -0.1) is 0 Å². The smallest absolute Gasteiger partial charge is 0.168 e. The predicted molar refractivity (Wildman–Crippen MR) is 48.8 cm³/mol. The average molecular weight is 166 g/mol. The minimum Gasteiger partial charge on any atom is -0.493 e. The van der Waals surface area contributed by atoms with Crippen LogP contribution in [0.1, 0.15) is 31.1 Å². The van der Waals surface area contributed by atoms with Gasteiger partial charge in [-0.05, 0) is 17.5 Å². The van der Waals surface area contributed by atoms with Crippen LogP contribution in [0.5, 0.6) is 0 Å². The molecule has 2 nitrogen and oxygen atoms in total. The van der Waals surface area contributed by atoms with Gasteiger partial charge in [-0.25, -0.2) is 0 Å². The van der Waals surface area contributed by atoms with E-state index in [2.05, 4.69) is 20.4 Å². The monoisotopic (exact) mass is 166 g/mol. The van der Waals surface area contributed by atoms with Crippen LogP contribution in [0.4, 0.5) is 0 Å². The summed E-state index contributed by atoms with van der Waals surface area (Å²) in [5.41, 5.74) is 1.17. The molecule has 2 heteroatoms. The van der Waals surface area contributed by atoms with Gasteiger partial charge in [-0.1, -0.05) is 20.4 Å². The topological polar surface area (TPSA) is 22.4 Å². The van der Waals surface area contributed by atoms with Crippen molar-refractivity contribution in [2.45, 2.75) is 19.8 Å². The van der Waals surface area contributed by atoms with Crippen LogP contribution < -0.4 is 0 Å². The Labute approximate surface area is 72.8 Å². The number of furan rings is 1. The Morgan fingerprint density at radius 1 is 1.58 bits per heavy atom. The number of rotatable bonds is 3. The summed E-state index contributed by atoms with van der Waals surface area (Å²) in [4.78, 5) is 0. The normalized spacial score (nSPS) is 10.3. The van der Waals surface area contributed by atoms with Crippen molar-refractivity contribution < 1.29 is 9.15 Å². The molecule has 1 rings (SSSR count). The summed E-state index contributed by atoms with van der Waals surface area (Å²) in [6, 6.07) is 1.95. The van der Waals surface area contributed by atoms with E-state index >= 15 is 0 Å². The average Bonchev–Trinajstić information content (AvgIpc) is 2.51. The van der Waals surface area contributed by atoms with E-state index in [0.717, 1.165) is 0 Å². The molecular formula is C10H14O2. The maximum Gasteiger partial charge on any atom is 0.168 e. The van der Waals surface area contributed by atoms with Crippen molar-refractivity contribution in [2.24, 2.45) is 0 Å². The summed E-state index contributed by atoms with van der Waals surface area (Å²) < 4.78 is 10.2. The molecule has 0 saturated carbocycles. The molecule has 0 aliphatic heterocycles. The number of hydrogen-bond acceptors (Lipinski definition) is 2. The second-order valence-corrected chi connectivity index (χ2v) is 3.03. The first kappa shape index (κ1) is 8.91. The highest BCUT2D eigenvalue weighted by Crippen LogP contribution is 2.21. The van der Waals surface area contributed by atoms with E-state index in [1.165, 1.54) is 5.56 Å². The van der Waals surface area contributed by atoms with E-state index in [0.29, 0.717) is 17.4 Å². The molecule has 0 aliphatic carbocycles. The van der Waals surface area contributed by atoms with Crippen LogP contribution in [0.25, 0.3) is 5.76 Å². The van der Waals surface area contributed by atoms with Gasteiger partial charge in [0.2, 0.25) is 0 Å². The fourth-order valence-electron chi connectivity index (χ4n) is 0.900. The van der Waals surface area contributed by atoms with E-state index < -0.39 is 0 Å². The standard InChI is InChI=1S/C10H14O2/c1-7(2)9-5-10(12-6-9)8(3)11-4/h5-7H,3H2,1-2,4H3. The van der Waals surface area contributed by atoms with Gasteiger partial charge in [-0.3, -0.25) is 0 Å². The van der Waals surface area contributed by atoms with Crippen molar-refractivity contribution in [2.75, 3.05) is 7.11 Å². The lowest BCUT2D eigenvalue weighted by Gasteiger charge is -1.98. The predicted octanol–water partition coefficient (Wildman–Crippen LogP) is 3.02. The van der Waals surface area contributed by atoms with Gasteiger partial charge in [0, 0.05) is 0 Å². The van der Waals surface area contributed by atoms with Crippen molar-refractivity contribution >= 4 is 5.76 Å².